The van der Waals surface area contributed by atoms with Crippen LogP contribution < -0.4 is 0 Å². The molecule has 0 aromatic rings. The zero-order valence-electron chi connectivity index (χ0n) is 7.54. The molecule has 12 heavy (non-hydrogen) atoms. The SMILES string of the molecule is CC1=C(C)CC(C=O)C(C=O)C1. The lowest BCUT2D eigenvalue weighted by Crippen LogP contribution is -2.22. The van der Waals surface area contributed by atoms with E-state index in [0.29, 0.717) is 0 Å². The highest BCUT2D eigenvalue weighted by molar-refractivity contribution is 5.66. The third-order valence-corrected chi connectivity index (χ3v) is 2.71. The number of hydrogen-bond acceptors (Lipinski definition) is 2. The molecule has 1 aliphatic carbocycles. The lowest BCUT2D eigenvalue weighted by molar-refractivity contribution is -0.119. The van der Waals surface area contributed by atoms with Crippen molar-refractivity contribution in [2.45, 2.75) is 26.7 Å². The van der Waals surface area contributed by atoms with Crippen LogP contribution in [0.1, 0.15) is 26.7 Å². The Hall–Kier alpha value is -0.920. The Kier molecular flexibility index (Phi) is 2.79. The van der Waals surface area contributed by atoms with E-state index in [4.69, 9.17) is 0 Å². The third-order valence-electron chi connectivity index (χ3n) is 2.71. The molecule has 0 fully saturated rings. The molecule has 0 aromatic heterocycles. The van der Waals surface area contributed by atoms with Crippen molar-refractivity contribution in [1.82, 2.24) is 0 Å². The number of rotatable bonds is 2. The van der Waals surface area contributed by atoms with E-state index < -0.39 is 0 Å². The molecule has 0 N–H and O–H groups in total. The van der Waals surface area contributed by atoms with E-state index in [0.717, 1.165) is 25.4 Å². The van der Waals surface area contributed by atoms with E-state index in [1.165, 1.54) is 11.1 Å². The van der Waals surface area contributed by atoms with Crippen molar-refractivity contribution in [3.8, 4) is 0 Å². The number of hydrogen-bond donors (Lipinski definition) is 0. The van der Waals surface area contributed by atoms with E-state index in [1.54, 1.807) is 0 Å². The number of carbonyl (C=O) groups is 2. The van der Waals surface area contributed by atoms with E-state index in [1.807, 2.05) is 13.8 Å². The number of allylic oxidation sites excluding steroid dienone is 2. The molecule has 0 radical (unpaired) electrons. The van der Waals surface area contributed by atoms with Crippen LogP contribution in [0.25, 0.3) is 0 Å². The Balaban J connectivity index is 2.81. The van der Waals surface area contributed by atoms with Crippen LogP contribution in [0.3, 0.4) is 0 Å². The van der Waals surface area contributed by atoms with Gasteiger partial charge in [0.15, 0.2) is 0 Å². The molecular weight excluding hydrogens is 152 g/mol. The summed E-state index contributed by atoms with van der Waals surface area (Å²) in [5.41, 5.74) is 2.54. The van der Waals surface area contributed by atoms with Gasteiger partial charge in [-0.3, -0.25) is 0 Å². The van der Waals surface area contributed by atoms with Gasteiger partial charge in [-0.15, -0.1) is 0 Å². The van der Waals surface area contributed by atoms with Crippen molar-refractivity contribution in [3.63, 3.8) is 0 Å². The molecule has 2 atom stereocenters. The molecule has 1 rings (SSSR count). The lowest BCUT2D eigenvalue weighted by Gasteiger charge is -2.25. The quantitative estimate of drug-likeness (QED) is 0.462. The summed E-state index contributed by atoms with van der Waals surface area (Å²) in [6.07, 6.45) is 3.35. The predicted molar refractivity (Wildman–Crippen MR) is 46.7 cm³/mol. The molecule has 0 bridgehead atoms. The van der Waals surface area contributed by atoms with E-state index in [2.05, 4.69) is 0 Å². The highest BCUT2D eigenvalue weighted by Crippen LogP contribution is 2.31. The molecule has 0 spiro atoms. The molecule has 0 saturated carbocycles. The van der Waals surface area contributed by atoms with Gasteiger partial charge in [-0.25, -0.2) is 0 Å². The summed E-state index contributed by atoms with van der Waals surface area (Å²) in [6.45, 7) is 4.07. The molecule has 0 amide bonds. The first-order chi connectivity index (χ1) is 5.69. The fraction of sp³-hybridized carbons (Fsp3) is 0.600. The Bertz CT molecular complexity index is 204. The Labute approximate surface area is 72.7 Å². The van der Waals surface area contributed by atoms with Crippen molar-refractivity contribution in [1.29, 1.82) is 0 Å². The first-order valence-corrected chi connectivity index (χ1v) is 4.25. The Morgan fingerprint density at radius 1 is 1.00 bits per heavy atom. The molecule has 0 heterocycles. The van der Waals surface area contributed by atoms with Crippen molar-refractivity contribution in [2.24, 2.45) is 11.8 Å². The topological polar surface area (TPSA) is 34.1 Å². The van der Waals surface area contributed by atoms with Crippen molar-refractivity contribution in [2.75, 3.05) is 0 Å². The largest absolute Gasteiger partial charge is 0.303 e. The smallest absolute Gasteiger partial charge is 0.124 e. The lowest BCUT2D eigenvalue weighted by atomic mass is 9.78. The molecule has 0 aromatic carbocycles. The van der Waals surface area contributed by atoms with Gasteiger partial charge >= 0.3 is 0 Å². The molecule has 1 aliphatic rings. The molecule has 66 valence electrons. The first-order valence-electron chi connectivity index (χ1n) is 4.25. The Morgan fingerprint density at radius 2 is 1.33 bits per heavy atom. The van der Waals surface area contributed by atoms with Crippen molar-refractivity contribution >= 4 is 12.6 Å². The van der Waals surface area contributed by atoms with Gasteiger partial charge in [-0.2, -0.15) is 0 Å². The van der Waals surface area contributed by atoms with Gasteiger partial charge in [0.1, 0.15) is 12.6 Å². The van der Waals surface area contributed by atoms with E-state index in [-0.39, 0.29) is 11.8 Å². The normalized spacial score (nSPS) is 30.2. The standard InChI is InChI=1S/C10H14O2/c1-7-3-9(5-11)10(6-12)4-8(7)2/h5-6,9-10H,3-4H2,1-2H3. The molecular formula is C10H14O2. The zero-order chi connectivity index (χ0) is 9.14. The van der Waals surface area contributed by atoms with Gasteiger partial charge in [-0.1, -0.05) is 11.1 Å². The predicted octanol–water partition coefficient (Wildman–Crippen LogP) is 1.75. The van der Waals surface area contributed by atoms with Crippen LogP contribution in [-0.4, -0.2) is 12.6 Å². The summed E-state index contributed by atoms with van der Waals surface area (Å²) >= 11 is 0. The van der Waals surface area contributed by atoms with Crippen LogP contribution in [0.2, 0.25) is 0 Å². The number of carbonyl (C=O) groups excluding carboxylic acids is 2. The minimum Gasteiger partial charge on any atom is -0.303 e. The van der Waals surface area contributed by atoms with Gasteiger partial charge in [-0.05, 0) is 26.7 Å². The van der Waals surface area contributed by atoms with Gasteiger partial charge < -0.3 is 9.59 Å². The molecule has 2 heteroatoms. The van der Waals surface area contributed by atoms with Crippen LogP contribution in [0.4, 0.5) is 0 Å². The van der Waals surface area contributed by atoms with Crippen LogP contribution in [0.15, 0.2) is 11.1 Å². The first kappa shape index (κ1) is 9.17. The summed E-state index contributed by atoms with van der Waals surface area (Å²) in [6, 6.07) is 0. The van der Waals surface area contributed by atoms with Gasteiger partial charge in [0, 0.05) is 11.8 Å². The minimum absolute atomic E-state index is 0.0776. The fourth-order valence-corrected chi connectivity index (χ4v) is 1.66. The maximum Gasteiger partial charge on any atom is 0.124 e. The van der Waals surface area contributed by atoms with Crippen LogP contribution in [0, 0.1) is 11.8 Å². The summed E-state index contributed by atoms with van der Waals surface area (Å²) in [5, 5.41) is 0. The minimum atomic E-state index is -0.0776. The summed E-state index contributed by atoms with van der Waals surface area (Å²) < 4.78 is 0. The second-order valence-corrected chi connectivity index (χ2v) is 3.57. The van der Waals surface area contributed by atoms with Crippen LogP contribution in [-0.2, 0) is 9.59 Å². The summed E-state index contributed by atoms with van der Waals surface area (Å²) in [7, 11) is 0. The van der Waals surface area contributed by atoms with Crippen molar-refractivity contribution < 1.29 is 9.59 Å². The molecule has 0 saturated heterocycles. The average molecular weight is 166 g/mol. The average Bonchev–Trinajstić information content (AvgIpc) is 2.09. The fourth-order valence-electron chi connectivity index (χ4n) is 1.66. The molecule has 2 unspecified atom stereocenters. The molecule has 2 nitrogen and oxygen atoms in total. The monoisotopic (exact) mass is 166 g/mol. The zero-order valence-corrected chi connectivity index (χ0v) is 7.54. The van der Waals surface area contributed by atoms with E-state index >= 15 is 0 Å². The molecule has 0 aliphatic heterocycles. The Morgan fingerprint density at radius 3 is 1.58 bits per heavy atom. The van der Waals surface area contributed by atoms with Crippen LogP contribution >= 0.6 is 0 Å². The summed E-state index contributed by atoms with van der Waals surface area (Å²) in [5.74, 6) is -0.155. The van der Waals surface area contributed by atoms with Crippen LogP contribution in [0.5, 0.6) is 0 Å². The number of aldehydes is 2. The maximum absolute atomic E-state index is 10.6. The second-order valence-electron chi connectivity index (χ2n) is 3.57. The van der Waals surface area contributed by atoms with E-state index in [9.17, 15) is 9.59 Å². The third kappa shape index (κ3) is 1.63. The van der Waals surface area contributed by atoms with Gasteiger partial charge in [0.25, 0.3) is 0 Å². The second kappa shape index (κ2) is 3.65. The van der Waals surface area contributed by atoms with Gasteiger partial charge in [0.05, 0.1) is 0 Å². The highest BCUT2D eigenvalue weighted by atomic mass is 16.1. The summed E-state index contributed by atoms with van der Waals surface area (Å²) in [4.78, 5) is 21.2. The van der Waals surface area contributed by atoms with Crippen molar-refractivity contribution in [3.05, 3.63) is 11.1 Å². The van der Waals surface area contributed by atoms with Gasteiger partial charge in [0.2, 0.25) is 0 Å². The maximum atomic E-state index is 10.6. The highest BCUT2D eigenvalue weighted by Gasteiger charge is 2.26.